The van der Waals surface area contributed by atoms with Crippen LogP contribution in [-0.2, 0) is 17.1 Å². The molecule has 2 aromatic heterocycles. The Balaban J connectivity index is 1.72. The topological polar surface area (TPSA) is 76.9 Å². The molecule has 1 N–H and O–H groups in total. The highest BCUT2D eigenvalue weighted by molar-refractivity contribution is 8.01. The quantitative estimate of drug-likeness (QED) is 0.751. The van der Waals surface area contributed by atoms with Crippen LogP contribution in [-0.4, -0.2) is 23.2 Å². The van der Waals surface area contributed by atoms with Crippen molar-refractivity contribution in [2.75, 3.05) is 4.72 Å². The number of nitrogens with zero attached hydrogens (tertiary/aromatic N) is 3. The number of aryl methyl sites for hydroxylation is 2. The zero-order valence-corrected chi connectivity index (χ0v) is 14.9. The molecule has 0 unspecified atom stereocenters. The van der Waals surface area contributed by atoms with Gasteiger partial charge in [0, 0.05) is 34.9 Å². The van der Waals surface area contributed by atoms with Gasteiger partial charge in [0.05, 0.1) is 6.20 Å². The molecule has 23 heavy (non-hydrogen) atoms. The lowest BCUT2D eigenvalue weighted by Gasteiger charge is -2.06. The van der Waals surface area contributed by atoms with Crippen molar-refractivity contribution in [2.45, 2.75) is 21.1 Å². The van der Waals surface area contributed by atoms with Gasteiger partial charge in [-0.15, -0.1) is 11.3 Å². The van der Waals surface area contributed by atoms with Gasteiger partial charge in [0.2, 0.25) is 0 Å². The fourth-order valence-corrected chi connectivity index (χ4v) is 4.67. The first-order chi connectivity index (χ1) is 10.9. The van der Waals surface area contributed by atoms with Crippen LogP contribution in [0.25, 0.3) is 0 Å². The summed E-state index contributed by atoms with van der Waals surface area (Å²) >= 11 is 3.14. The van der Waals surface area contributed by atoms with Crippen molar-refractivity contribution in [2.24, 2.45) is 7.05 Å². The Labute approximate surface area is 142 Å². The number of thiazole rings is 1. The Hall–Kier alpha value is -1.84. The second-order valence-electron chi connectivity index (χ2n) is 4.84. The lowest BCUT2D eigenvalue weighted by atomic mass is 10.3. The van der Waals surface area contributed by atoms with Gasteiger partial charge >= 0.3 is 0 Å². The van der Waals surface area contributed by atoms with Gasteiger partial charge in [0.15, 0.2) is 4.34 Å². The zero-order valence-electron chi connectivity index (χ0n) is 12.4. The van der Waals surface area contributed by atoms with E-state index >= 15 is 0 Å². The highest BCUT2D eigenvalue weighted by Crippen LogP contribution is 2.31. The van der Waals surface area contributed by atoms with Gasteiger partial charge in [-0.1, -0.05) is 11.8 Å². The molecule has 0 aliphatic carbocycles. The molecule has 0 aliphatic heterocycles. The molecular formula is C14H14N4O2S3. The minimum absolute atomic E-state index is 0.136. The number of hydrogen-bond donors (Lipinski definition) is 1. The molecule has 0 saturated carbocycles. The highest BCUT2D eigenvalue weighted by atomic mass is 32.2. The maximum Gasteiger partial charge on any atom is 0.265 e. The van der Waals surface area contributed by atoms with Gasteiger partial charge in [-0.25, -0.2) is 13.4 Å². The van der Waals surface area contributed by atoms with Gasteiger partial charge in [0.1, 0.15) is 4.90 Å². The number of benzene rings is 1. The first-order valence-corrected chi connectivity index (χ1v) is 9.82. The van der Waals surface area contributed by atoms with Crippen molar-refractivity contribution in [1.82, 2.24) is 14.8 Å². The third kappa shape index (κ3) is 3.92. The molecule has 3 aromatic rings. The predicted molar refractivity (Wildman–Crippen MR) is 91.4 cm³/mol. The fourth-order valence-electron chi connectivity index (χ4n) is 1.82. The van der Waals surface area contributed by atoms with Gasteiger partial charge < -0.3 is 0 Å². The summed E-state index contributed by atoms with van der Waals surface area (Å²) in [6.07, 6.45) is 2.77. The molecule has 0 bridgehead atoms. The lowest BCUT2D eigenvalue weighted by Crippen LogP contribution is -2.12. The van der Waals surface area contributed by atoms with Crippen LogP contribution in [0, 0.1) is 6.92 Å². The standard InChI is InChI=1S/C14H14N4O2S3/c1-10-9-21-14(16-10)22-12-5-3-11(4-6-12)17-23(19,20)13-7-15-18(2)8-13/h3-9,17H,1-2H3. The van der Waals surface area contributed by atoms with Gasteiger partial charge in [-0.3, -0.25) is 9.40 Å². The van der Waals surface area contributed by atoms with Crippen LogP contribution in [0.1, 0.15) is 5.69 Å². The fraction of sp³-hybridized carbons (Fsp3) is 0.143. The minimum Gasteiger partial charge on any atom is -0.280 e. The summed E-state index contributed by atoms with van der Waals surface area (Å²) in [6, 6.07) is 7.19. The van der Waals surface area contributed by atoms with Crippen molar-refractivity contribution in [3.63, 3.8) is 0 Å². The number of sulfonamides is 1. The average molecular weight is 366 g/mol. The number of aromatic nitrogens is 3. The third-order valence-corrected chi connectivity index (χ3v) is 6.30. The van der Waals surface area contributed by atoms with E-state index in [4.69, 9.17) is 0 Å². The summed E-state index contributed by atoms with van der Waals surface area (Å²) in [5.41, 5.74) is 1.51. The molecule has 9 heteroatoms. The van der Waals surface area contributed by atoms with Crippen molar-refractivity contribution < 1.29 is 8.42 Å². The molecular weight excluding hydrogens is 352 g/mol. The van der Waals surface area contributed by atoms with E-state index < -0.39 is 10.0 Å². The third-order valence-electron chi connectivity index (χ3n) is 2.90. The molecule has 0 aliphatic rings. The average Bonchev–Trinajstić information content (AvgIpc) is 3.10. The molecule has 1 aromatic carbocycles. The first kappa shape index (κ1) is 16.0. The number of anilines is 1. The highest BCUT2D eigenvalue weighted by Gasteiger charge is 2.16. The van der Waals surface area contributed by atoms with Crippen molar-refractivity contribution in [3.8, 4) is 0 Å². The summed E-state index contributed by atoms with van der Waals surface area (Å²) in [5, 5.41) is 5.87. The second-order valence-corrected chi connectivity index (χ2v) is 8.70. The van der Waals surface area contributed by atoms with E-state index in [9.17, 15) is 8.42 Å². The summed E-state index contributed by atoms with van der Waals surface area (Å²) in [5.74, 6) is 0. The Morgan fingerprint density at radius 1 is 1.26 bits per heavy atom. The first-order valence-electron chi connectivity index (χ1n) is 6.64. The van der Waals surface area contributed by atoms with Crippen LogP contribution in [0.5, 0.6) is 0 Å². The molecule has 0 saturated heterocycles. The van der Waals surface area contributed by atoms with Gasteiger partial charge in [-0.2, -0.15) is 5.10 Å². The monoisotopic (exact) mass is 366 g/mol. The molecule has 120 valence electrons. The van der Waals surface area contributed by atoms with Crippen LogP contribution in [0.2, 0.25) is 0 Å². The largest absolute Gasteiger partial charge is 0.280 e. The van der Waals surface area contributed by atoms with Gasteiger partial charge in [-0.05, 0) is 31.2 Å². The Morgan fingerprint density at radius 2 is 2.00 bits per heavy atom. The van der Waals surface area contributed by atoms with Crippen molar-refractivity contribution in [1.29, 1.82) is 0 Å². The molecule has 0 fully saturated rings. The normalized spacial score (nSPS) is 11.6. The Bertz CT molecular complexity index is 914. The second kappa shape index (κ2) is 6.34. The van der Waals surface area contributed by atoms with Crippen LogP contribution in [0.3, 0.4) is 0 Å². The molecule has 6 nitrogen and oxygen atoms in total. The van der Waals surface area contributed by atoms with E-state index in [0.29, 0.717) is 5.69 Å². The molecule has 0 atom stereocenters. The molecule has 2 heterocycles. The van der Waals surface area contributed by atoms with Gasteiger partial charge in [0.25, 0.3) is 10.0 Å². The van der Waals surface area contributed by atoms with Crippen LogP contribution >= 0.6 is 23.1 Å². The summed E-state index contributed by atoms with van der Waals surface area (Å²) < 4.78 is 29.4. The molecule has 0 amide bonds. The Kier molecular flexibility index (Phi) is 4.42. The Morgan fingerprint density at radius 3 is 2.57 bits per heavy atom. The van der Waals surface area contributed by atoms with E-state index in [-0.39, 0.29) is 4.90 Å². The van der Waals surface area contributed by atoms with Crippen LogP contribution in [0.4, 0.5) is 5.69 Å². The maximum absolute atomic E-state index is 12.2. The summed E-state index contributed by atoms with van der Waals surface area (Å²) in [4.78, 5) is 5.53. The van der Waals surface area contributed by atoms with Crippen LogP contribution in [0.15, 0.2) is 56.2 Å². The van der Waals surface area contributed by atoms with Crippen molar-refractivity contribution >= 4 is 38.8 Å². The summed E-state index contributed by atoms with van der Waals surface area (Å²) in [7, 11) is -1.94. The smallest absolute Gasteiger partial charge is 0.265 e. The molecule has 3 rings (SSSR count). The minimum atomic E-state index is -3.61. The number of rotatable bonds is 5. The van der Waals surface area contributed by atoms with E-state index in [1.54, 1.807) is 42.3 Å². The van der Waals surface area contributed by atoms with Crippen molar-refractivity contribution in [3.05, 3.63) is 47.7 Å². The molecule has 0 radical (unpaired) electrons. The maximum atomic E-state index is 12.2. The molecule has 0 spiro atoms. The number of hydrogen-bond acceptors (Lipinski definition) is 6. The predicted octanol–water partition coefficient (Wildman–Crippen LogP) is 3.14. The summed E-state index contributed by atoms with van der Waals surface area (Å²) in [6.45, 7) is 1.96. The zero-order chi connectivity index (χ0) is 16.4. The van der Waals surface area contributed by atoms with E-state index in [2.05, 4.69) is 14.8 Å². The van der Waals surface area contributed by atoms with E-state index in [0.717, 1.165) is 14.9 Å². The van der Waals surface area contributed by atoms with Crippen LogP contribution < -0.4 is 4.72 Å². The lowest BCUT2D eigenvalue weighted by molar-refractivity contribution is 0.601. The van der Waals surface area contributed by atoms with E-state index in [1.807, 2.05) is 24.4 Å². The SMILES string of the molecule is Cc1csc(Sc2ccc(NS(=O)(=O)c3cnn(C)c3)cc2)n1. The van der Waals surface area contributed by atoms with E-state index in [1.165, 1.54) is 17.1 Å². The number of nitrogens with one attached hydrogen (secondary N) is 1.